The van der Waals surface area contributed by atoms with E-state index in [2.05, 4.69) is 15.3 Å². The van der Waals surface area contributed by atoms with E-state index in [9.17, 15) is 19.2 Å². The number of carboxylic acids is 1. The summed E-state index contributed by atoms with van der Waals surface area (Å²) in [5, 5.41) is 14.1. The average molecular weight is 417 g/mol. The lowest BCUT2D eigenvalue weighted by atomic mass is 10.1. The van der Waals surface area contributed by atoms with Gasteiger partial charge in [-0.3, -0.25) is 19.2 Å². The van der Waals surface area contributed by atoms with Crippen LogP contribution in [0.15, 0.2) is 5.11 Å². The fraction of sp³-hybridized carbons (Fsp3) is 0.765. The maximum absolute atomic E-state index is 12.3. The number of thioether (sulfide) groups is 1. The molecule has 2 N–H and O–H groups in total. The van der Waals surface area contributed by atoms with Gasteiger partial charge in [-0.1, -0.05) is 23.3 Å². The highest BCUT2D eigenvalue weighted by molar-refractivity contribution is 8.13. The minimum atomic E-state index is -1.08. The number of amides is 1. The summed E-state index contributed by atoms with van der Waals surface area (Å²) in [7, 11) is 0. The molecule has 0 heterocycles. The molecule has 10 nitrogen and oxygen atoms in total. The lowest BCUT2D eigenvalue weighted by Crippen LogP contribution is -2.42. The molecule has 0 saturated heterocycles. The zero-order valence-electron chi connectivity index (χ0n) is 16.5. The molecule has 0 aliphatic carbocycles. The Bertz CT molecular complexity index is 599. The molecule has 1 unspecified atom stereocenters. The molecule has 0 bridgehead atoms. The summed E-state index contributed by atoms with van der Waals surface area (Å²) in [6.45, 7) is 5.44. The van der Waals surface area contributed by atoms with Crippen LogP contribution in [0.5, 0.6) is 0 Å². The molecule has 0 aromatic rings. The molecule has 11 heteroatoms. The van der Waals surface area contributed by atoms with E-state index in [0.717, 1.165) is 11.8 Å². The van der Waals surface area contributed by atoms with Crippen LogP contribution in [-0.4, -0.2) is 52.0 Å². The molecule has 1 amide bonds. The van der Waals surface area contributed by atoms with Crippen molar-refractivity contribution in [3.05, 3.63) is 10.4 Å². The van der Waals surface area contributed by atoms with E-state index in [-0.39, 0.29) is 30.9 Å². The number of azide groups is 1. The maximum atomic E-state index is 12.3. The van der Waals surface area contributed by atoms with Crippen molar-refractivity contribution < 1.29 is 29.0 Å². The molecular formula is C17H28N4O6S. The Morgan fingerprint density at radius 1 is 1.18 bits per heavy atom. The number of unbranched alkanes of at least 4 members (excludes halogenated alkanes) is 2. The van der Waals surface area contributed by atoms with Crippen molar-refractivity contribution in [3.63, 3.8) is 0 Å². The van der Waals surface area contributed by atoms with Crippen molar-refractivity contribution in [3.8, 4) is 0 Å². The highest BCUT2D eigenvalue weighted by atomic mass is 32.2. The van der Waals surface area contributed by atoms with Gasteiger partial charge in [-0.15, -0.1) is 0 Å². The zero-order chi connectivity index (χ0) is 21.6. The first kappa shape index (κ1) is 25.7. The van der Waals surface area contributed by atoms with Crippen molar-refractivity contribution in [1.29, 1.82) is 0 Å². The molecule has 158 valence electrons. The fourth-order valence-electron chi connectivity index (χ4n) is 2.04. The molecule has 28 heavy (non-hydrogen) atoms. The highest BCUT2D eigenvalue weighted by Gasteiger charge is 2.27. The van der Waals surface area contributed by atoms with Gasteiger partial charge in [-0.05, 0) is 39.1 Å². The summed E-state index contributed by atoms with van der Waals surface area (Å²) in [5.41, 5.74) is 7.46. The Morgan fingerprint density at radius 3 is 2.43 bits per heavy atom. The summed E-state index contributed by atoms with van der Waals surface area (Å²) in [6, 6.07) is -1.08. The molecule has 0 fully saturated rings. The van der Waals surface area contributed by atoms with Crippen LogP contribution in [0.25, 0.3) is 10.4 Å². The van der Waals surface area contributed by atoms with E-state index in [1.54, 1.807) is 20.8 Å². The number of rotatable bonds is 13. The third-order valence-corrected chi connectivity index (χ3v) is 4.17. The van der Waals surface area contributed by atoms with Gasteiger partial charge in [-0.25, -0.2) is 0 Å². The summed E-state index contributed by atoms with van der Waals surface area (Å²) in [6.07, 6.45) is 1.53. The van der Waals surface area contributed by atoms with Gasteiger partial charge in [0.25, 0.3) is 0 Å². The SMILES string of the molecule is CC(C)(C)OC(=O)CC(NC(=O)CCCCCN=[N+]=[N-])C(=O)SCCC(=O)O. The van der Waals surface area contributed by atoms with Crippen LogP contribution in [0, 0.1) is 0 Å². The minimum absolute atomic E-state index is 0.0499. The Morgan fingerprint density at radius 2 is 1.86 bits per heavy atom. The molecule has 0 aromatic carbocycles. The van der Waals surface area contributed by atoms with Gasteiger partial charge in [0.05, 0.1) is 12.8 Å². The molecule has 0 saturated carbocycles. The monoisotopic (exact) mass is 416 g/mol. The first-order chi connectivity index (χ1) is 13.0. The molecular weight excluding hydrogens is 388 g/mol. The topological polar surface area (TPSA) is 159 Å². The number of hydrogen-bond donors (Lipinski definition) is 2. The zero-order valence-corrected chi connectivity index (χ0v) is 17.3. The van der Waals surface area contributed by atoms with Crippen LogP contribution < -0.4 is 5.32 Å². The second-order valence-corrected chi connectivity index (χ2v) is 8.09. The van der Waals surface area contributed by atoms with Gasteiger partial charge >= 0.3 is 11.9 Å². The first-order valence-corrected chi connectivity index (χ1v) is 9.94. The minimum Gasteiger partial charge on any atom is -0.481 e. The molecule has 0 radical (unpaired) electrons. The highest BCUT2D eigenvalue weighted by Crippen LogP contribution is 2.14. The van der Waals surface area contributed by atoms with Crippen LogP contribution in [-0.2, 0) is 23.9 Å². The van der Waals surface area contributed by atoms with Gasteiger partial charge in [0.1, 0.15) is 11.6 Å². The predicted octanol–water partition coefficient (Wildman–Crippen LogP) is 2.81. The van der Waals surface area contributed by atoms with E-state index in [4.69, 9.17) is 15.4 Å². The summed E-state index contributed by atoms with van der Waals surface area (Å²) in [4.78, 5) is 49.7. The number of carboxylic acid groups (broad SMARTS) is 1. The van der Waals surface area contributed by atoms with Crippen LogP contribution in [0.3, 0.4) is 0 Å². The van der Waals surface area contributed by atoms with E-state index in [1.807, 2.05) is 0 Å². The number of ether oxygens (including phenoxy) is 1. The summed E-state index contributed by atoms with van der Waals surface area (Å²) >= 11 is 0.764. The largest absolute Gasteiger partial charge is 0.481 e. The number of nitrogens with one attached hydrogen (secondary N) is 1. The number of aliphatic carboxylic acids is 1. The van der Waals surface area contributed by atoms with E-state index in [1.165, 1.54) is 0 Å². The van der Waals surface area contributed by atoms with Crippen molar-refractivity contribution in [2.45, 2.75) is 70.9 Å². The molecule has 0 rings (SSSR count). The molecule has 0 spiro atoms. The van der Waals surface area contributed by atoms with Gasteiger partial charge in [-0.2, -0.15) is 0 Å². The van der Waals surface area contributed by atoms with Crippen molar-refractivity contribution in [2.75, 3.05) is 12.3 Å². The molecule has 0 aromatic heterocycles. The molecule has 0 aliphatic heterocycles. The maximum Gasteiger partial charge on any atom is 0.308 e. The number of nitrogens with zero attached hydrogens (tertiary/aromatic N) is 3. The van der Waals surface area contributed by atoms with Crippen molar-refractivity contribution >= 4 is 34.7 Å². The third-order valence-electron chi connectivity index (χ3n) is 3.20. The second kappa shape index (κ2) is 13.8. The van der Waals surface area contributed by atoms with E-state index in [0.29, 0.717) is 25.8 Å². The molecule has 0 aliphatic rings. The standard InChI is InChI=1S/C17H28N4O6S/c1-17(2,3)27-15(25)11-12(16(26)28-10-8-14(23)24)20-13(22)7-5-4-6-9-19-21-18/h12H,4-11H2,1-3H3,(H,20,22)(H,23,24). The summed E-state index contributed by atoms with van der Waals surface area (Å²) in [5.74, 6) is -1.99. The lowest BCUT2D eigenvalue weighted by molar-refractivity contribution is -0.156. The Hall–Kier alpha value is -2.26. The Kier molecular flexibility index (Phi) is 12.7. The number of esters is 1. The lowest BCUT2D eigenvalue weighted by Gasteiger charge is -2.22. The Labute approximate surface area is 168 Å². The van der Waals surface area contributed by atoms with Gasteiger partial charge in [0.15, 0.2) is 0 Å². The van der Waals surface area contributed by atoms with Crippen LogP contribution in [0.1, 0.15) is 59.3 Å². The number of carbonyl (C=O) groups excluding carboxylic acids is 3. The average Bonchev–Trinajstić information content (AvgIpc) is 2.55. The summed E-state index contributed by atoms with van der Waals surface area (Å²) < 4.78 is 5.19. The smallest absolute Gasteiger partial charge is 0.308 e. The van der Waals surface area contributed by atoms with Crippen LogP contribution >= 0.6 is 11.8 Å². The predicted molar refractivity (Wildman–Crippen MR) is 105 cm³/mol. The molecule has 1 atom stereocenters. The van der Waals surface area contributed by atoms with Crippen molar-refractivity contribution in [2.24, 2.45) is 5.11 Å². The van der Waals surface area contributed by atoms with Gasteiger partial charge in [0.2, 0.25) is 11.0 Å². The van der Waals surface area contributed by atoms with Crippen LogP contribution in [0.2, 0.25) is 0 Å². The van der Waals surface area contributed by atoms with E-state index >= 15 is 0 Å². The van der Waals surface area contributed by atoms with Gasteiger partial charge in [0, 0.05) is 23.6 Å². The van der Waals surface area contributed by atoms with Crippen LogP contribution in [0.4, 0.5) is 0 Å². The first-order valence-electron chi connectivity index (χ1n) is 8.95. The second-order valence-electron chi connectivity index (χ2n) is 6.99. The number of hydrogen-bond acceptors (Lipinski definition) is 7. The Balaban J connectivity index is 4.66. The quantitative estimate of drug-likeness (QED) is 0.153. The normalized spacial score (nSPS) is 11.8. The fourth-order valence-corrected chi connectivity index (χ4v) is 2.86. The van der Waals surface area contributed by atoms with E-state index < -0.39 is 28.7 Å². The number of carbonyl (C=O) groups is 4. The third kappa shape index (κ3) is 14.9. The van der Waals surface area contributed by atoms with Crippen molar-refractivity contribution in [1.82, 2.24) is 5.32 Å². The van der Waals surface area contributed by atoms with Gasteiger partial charge < -0.3 is 15.2 Å².